The number of rotatable bonds is 0. The summed E-state index contributed by atoms with van der Waals surface area (Å²) in [4.78, 5) is 0. The van der Waals surface area contributed by atoms with Crippen LogP contribution in [0.2, 0.25) is 0 Å². The lowest BCUT2D eigenvalue weighted by atomic mass is 10.1. The third-order valence-corrected chi connectivity index (χ3v) is 4.20. The highest BCUT2D eigenvalue weighted by Crippen LogP contribution is 2.29. The molecule has 0 bridgehead atoms. The molecule has 1 aliphatic heterocycles. The lowest BCUT2D eigenvalue weighted by Gasteiger charge is -2.13. The lowest BCUT2D eigenvalue weighted by Crippen LogP contribution is -2.13. The zero-order valence-corrected chi connectivity index (χ0v) is 16.8. The molecule has 0 aromatic heterocycles. The molecule has 0 saturated heterocycles. The van der Waals surface area contributed by atoms with E-state index in [1.165, 1.54) is 18.2 Å². The molecule has 2 aromatic rings. The maximum atomic E-state index is 13.8. The first-order chi connectivity index (χ1) is 15.5. The molecule has 0 aliphatic carbocycles. The van der Waals surface area contributed by atoms with Crippen molar-refractivity contribution in [2.45, 2.75) is 0 Å². The summed E-state index contributed by atoms with van der Waals surface area (Å²) in [7, 11) is 0. The first-order valence-corrected chi connectivity index (χ1v) is 9.65. The molecule has 0 N–H and O–H groups in total. The second-order valence-electron chi connectivity index (χ2n) is 6.39. The molecule has 0 saturated carbocycles. The fourth-order valence-electron chi connectivity index (χ4n) is 2.63. The van der Waals surface area contributed by atoms with Crippen LogP contribution in [0.25, 0.3) is 0 Å². The van der Waals surface area contributed by atoms with Crippen LogP contribution in [0.15, 0.2) is 18.2 Å². The quantitative estimate of drug-likeness (QED) is 0.261. The largest absolute Gasteiger partial charge is 0.487 e. The van der Waals surface area contributed by atoms with Gasteiger partial charge in [-0.15, -0.1) is 0 Å². The van der Waals surface area contributed by atoms with Crippen LogP contribution in [0.1, 0.15) is 11.1 Å². The number of halogens is 5. The van der Waals surface area contributed by atoms with Crippen LogP contribution in [0.3, 0.4) is 0 Å². The van der Waals surface area contributed by atoms with Crippen molar-refractivity contribution in [1.29, 1.82) is 0 Å². The maximum absolute atomic E-state index is 13.8. The standard InChI is InChI=1S/C22H19F5O5/c23-18-15(19(24)21(26)22(27)20(18)25)3-1-14-2-4-16-17(13-14)32-12-10-30-8-6-28-5-7-29-9-11-31-16/h2,4,13H,5-12H2. The highest BCUT2D eigenvalue weighted by molar-refractivity contribution is 5.51. The molecule has 0 unspecified atom stereocenters. The van der Waals surface area contributed by atoms with Gasteiger partial charge in [0.15, 0.2) is 34.8 Å². The van der Waals surface area contributed by atoms with Crippen LogP contribution >= 0.6 is 0 Å². The topological polar surface area (TPSA) is 46.2 Å². The minimum absolute atomic E-state index is 0.168. The summed E-state index contributed by atoms with van der Waals surface area (Å²) in [6, 6.07) is 4.40. The van der Waals surface area contributed by atoms with Crippen molar-refractivity contribution in [2.75, 3.05) is 52.9 Å². The average Bonchev–Trinajstić information content (AvgIpc) is 2.80. The fourth-order valence-corrected chi connectivity index (χ4v) is 2.63. The molecule has 0 radical (unpaired) electrons. The van der Waals surface area contributed by atoms with Crippen LogP contribution in [0.5, 0.6) is 11.5 Å². The van der Waals surface area contributed by atoms with Crippen molar-refractivity contribution in [3.05, 3.63) is 58.4 Å². The molecular weight excluding hydrogens is 439 g/mol. The van der Waals surface area contributed by atoms with Gasteiger partial charge in [0.1, 0.15) is 18.8 Å². The Balaban J connectivity index is 1.83. The van der Waals surface area contributed by atoms with E-state index in [9.17, 15) is 22.0 Å². The predicted octanol–water partition coefficient (Wildman–Crippen LogP) is 3.60. The molecule has 3 rings (SSSR count). The fraction of sp³-hybridized carbons (Fsp3) is 0.364. The Labute approximate surface area is 181 Å². The summed E-state index contributed by atoms with van der Waals surface area (Å²) < 4.78 is 94.9. The Hall–Kier alpha value is -2.87. The van der Waals surface area contributed by atoms with E-state index >= 15 is 0 Å². The molecule has 10 heteroatoms. The summed E-state index contributed by atoms with van der Waals surface area (Å²) in [5.74, 6) is -5.33. The number of benzene rings is 2. The normalized spacial score (nSPS) is 15.8. The highest BCUT2D eigenvalue weighted by atomic mass is 19.2. The van der Waals surface area contributed by atoms with Crippen molar-refractivity contribution in [1.82, 2.24) is 0 Å². The van der Waals surface area contributed by atoms with E-state index in [2.05, 4.69) is 5.92 Å². The number of ether oxygens (including phenoxy) is 5. The third-order valence-electron chi connectivity index (χ3n) is 4.20. The van der Waals surface area contributed by atoms with Crippen molar-refractivity contribution in [3.8, 4) is 23.3 Å². The average molecular weight is 458 g/mol. The van der Waals surface area contributed by atoms with E-state index in [1.54, 1.807) is 0 Å². The minimum atomic E-state index is -2.24. The van der Waals surface area contributed by atoms with E-state index in [0.29, 0.717) is 38.8 Å². The van der Waals surface area contributed by atoms with Crippen LogP contribution in [-0.2, 0) is 14.2 Å². The van der Waals surface area contributed by atoms with Crippen molar-refractivity contribution in [3.63, 3.8) is 0 Å². The number of fused-ring (bicyclic) bond motifs is 1. The van der Waals surface area contributed by atoms with E-state index in [-0.39, 0.29) is 31.1 Å². The molecule has 32 heavy (non-hydrogen) atoms. The summed E-state index contributed by atoms with van der Waals surface area (Å²) in [5.41, 5.74) is -1.01. The molecule has 1 heterocycles. The first-order valence-electron chi connectivity index (χ1n) is 9.65. The van der Waals surface area contributed by atoms with E-state index in [1.807, 2.05) is 5.92 Å². The van der Waals surface area contributed by atoms with Gasteiger partial charge in [0, 0.05) is 5.56 Å². The summed E-state index contributed by atoms with van der Waals surface area (Å²) in [6.45, 7) is 2.58. The second kappa shape index (κ2) is 11.7. The molecule has 0 fully saturated rings. The Morgan fingerprint density at radius 3 is 1.56 bits per heavy atom. The molecule has 0 spiro atoms. The van der Waals surface area contributed by atoms with Crippen LogP contribution < -0.4 is 9.47 Å². The second-order valence-corrected chi connectivity index (χ2v) is 6.39. The Morgan fingerprint density at radius 1 is 0.531 bits per heavy atom. The molecule has 172 valence electrons. The molecule has 0 atom stereocenters. The Morgan fingerprint density at radius 2 is 1.00 bits per heavy atom. The molecule has 0 amide bonds. The minimum Gasteiger partial charge on any atom is -0.487 e. The Kier molecular flexibility index (Phi) is 8.67. The summed E-state index contributed by atoms with van der Waals surface area (Å²) in [6.07, 6.45) is 0. The van der Waals surface area contributed by atoms with E-state index in [4.69, 9.17) is 23.7 Å². The smallest absolute Gasteiger partial charge is 0.200 e. The third kappa shape index (κ3) is 6.09. The van der Waals surface area contributed by atoms with Gasteiger partial charge in [0.25, 0.3) is 0 Å². The van der Waals surface area contributed by atoms with Crippen molar-refractivity contribution < 1.29 is 45.6 Å². The lowest BCUT2D eigenvalue weighted by molar-refractivity contribution is 0.00708. The number of hydrogen-bond acceptors (Lipinski definition) is 5. The number of hydrogen-bond donors (Lipinski definition) is 0. The van der Waals surface area contributed by atoms with Gasteiger partial charge >= 0.3 is 0 Å². The molecule has 5 nitrogen and oxygen atoms in total. The zero-order valence-electron chi connectivity index (χ0n) is 16.8. The summed E-state index contributed by atoms with van der Waals surface area (Å²) in [5, 5.41) is 0. The zero-order chi connectivity index (χ0) is 22.9. The van der Waals surface area contributed by atoms with Gasteiger partial charge in [-0.25, -0.2) is 22.0 Å². The van der Waals surface area contributed by atoms with Gasteiger partial charge in [-0.05, 0) is 18.2 Å². The van der Waals surface area contributed by atoms with Crippen molar-refractivity contribution >= 4 is 0 Å². The van der Waals surface area contributed by atoms with E-state index in [0.717, 1.165) is 0 Å². The maximum Gasteiger partial charge on any atom is 0.200 e. The predicted molar refractivity (Wildman–Crippen MR) is 102 cm³/mol. The highest BCUT2D eigenvalue weighted by Gasteiger charge is 2.24. The van der Waals surface area contributed by atoms with Gasteiger partial charge in [-0.1, -0.05) is 11.8 Å². The van der Waals surface area contributed by atoms with Gasteiger partial charge in [0.05, 0.1) is 39.6 Å². The monoisotopic (exact) mass is 458 g/mol. The van der Waals surface area contributed by atoms with Crippen LogP contribution in [0, 0.1) is 40.9 Å². The van der Waals surface area contributed by atoms with Gasteiger partial charge in [0.2, 0.25) is 5.82 Å². The summed E-state index contributed by atoms with van der Waals surface area (Å²) >= 11 is 0. The first kappa shape index (κ1) is 23.8. The Bertz CT molecular complexity index is 973. The van der Waals surface area contributed by atoms with Crippen LogP contribution in [-0.4, -0.2) is 52.9 Å². The molecule has 2 aromatic carbocycles. The van der Waals surface area contributed by atoms with Crippen molar-refractivity contribution in [2.24, 2.45) is 0 Å². The van der Waals surface area contributed by atoms with Crippen LogP contribution in [0.4, 0.5) is 22.0 Å². The van der Waals surface area contributed by atoms with Gasteiger partial charge in [-0.2, -0.15) is 0 Å². The molecule has 1 aliphatic rings. The SMILES string of the molecule is Fc1c(F)c(F)c(C#Cc2ccc3c(c2)OCCOCCOCCOCCO3)c(F)c1F. The van der Waals surface area contributed by atoms with E-state index < -0.39 is 34.6 Å². The molecular formula is C22H19F5O5. The van der Waals surface area contributed by atoms with Gasteiger partial charge < -0.3 is 23.7 Å². The van der Waals surface area contributed by atoms with Gasteiger partial charge in [-0.3, -0.25) is 0 Å².